The lowest BCUT2D eigenvalue weighted by molar-refractivity contribution is -0.152. The maximum atomic E-state index is 11.4. The first-order valence-corrected chi connectivity index (χ1v) is 5.30. The van der Waals surface area contributed by atoms with Crippen molar-refractivity contribution in [2.24, 2.45) is 17.6 Å². The molecule has 0 heterocycles. The van der Waals surface area contributed by atoms with Gasteiger partial charge >= 0.3 is 5.97 Å². The molecule has 0 aromatic carbocycles. The van der Waals surface area contributed by atoms with Crippen LogP contribution in [0.1, 0.15) is 41.0 Å². The first kappa shape index (κ1) is 13.4. The van der Waals surface area contributed by atoms with Gasteiger partial charge < -0.3 is 10.5 Å². The Labute approximate surface area is 87.0 Å². The molecule has 0 amide bonds. The molecule has 14 heavy (non-hydrogen) atoms. The molecule has 0 spiro atoms. The lowest BCUT2D eigenvalue weighted by Crippen LogP contribution is -2.36. The minimum absolute atomic E-state index is 0.0549. The third kappa shape index (κ3) is 5.22. The Kier molecular flexibility index (Phi) is 5.77. The molecular formula is C11H23NO2. The summed E-state index contributed by atoms with van der Waals surface area (Å²) in [6, 6.07) is -0.476. The minimum Gasteiger partial charge on any atom is -0.461 e. The smallest absolute Gasteiger partial charge is 0.323 e. The van der Waals surface area contributed by atoms with Crippen LogP contribution in [0.5, 0.6) is 0 Å². The molecule has 84 valence electrons. The van der Waals surface area contributed by atoms with E-state index in [1.165, 1.54) is 0 Å². The molecule has 0 rings (SSSR count). The maximum Gasteiger partial charge on any atom is 0.323 e. The molecule has 0 aromatic heterocycles. The van der Waals surface area contributed by atoms with Gasteiger partial charge in [0, 0.05) is 0 Å². The van der Waals surface area contributed by atoms with E-state index in [1.807, 2.05) is 34.6 Å². The molecule has 0 fully saturated rings. The standard InChI is InChI=1S/C11H23NO2/c1-7(2)6-10(12)11(13)14-9(5)8(3)4/h7-10H,6,12H2,1-5H3/t9?,10-/m1/s1. The minimum atomic E-state index is -0.476. The summed E-state index contributed by atoms with van der Waals surface area (Å²) in [5, 5.41) is 0. The highest BCUT2D eigenvalue weighted by molar-refractivity contribution is 5.75. The Morgan fingerprint density at radius 1 is 1.21 bits per heavy atom. The number of nitrogens with two attached hydrogens (primary N) is 1. The fraction of sp³-hybridized carbons (Fsp3) is 0.909. The van der Waals surface area contributed by atoms with Crippen LogP contribution in [0.4, 0.5) is 0 Å². The van der Waals surface area contributed by atoms with Gasteiger partial charge in [-0.2, -0.15) is 0 Å². The number of carbonyl (C=O) groups is 1. The number of carbonyl (C=O) groups excluding carboxylic acids is 1. The average molecular weight is 201 g/mol. The predicted octanol–water partition coefficient (Wildman–Crippen LogP) is 1.95. The van der Waals surface area contributed by atoms with Crippen LogP contribution >= 0.6 is 0 Å². The van der Waals surface area contributed by atoms with E-state index >= 15 is 0 Å². The highest BCUT2D eigenvalue weighted by Gasteiger charge is 2.20. The van der Waals surface area contributed by atoms with Gasteiger partial charge in [-0.05, 0) is 25.2 Å². The Morgan fingerprint density at radius 2 is 1.71 bits per heavy atom. The molecular weight excluding hydrogens is 178 g/mol. The lowest BCUT2D eigenvalue weighted by Gasteiger charge is -2.20. The van der Waals surface area contributed by atoms with Gasteiger partial charge in [-0.3, -0.25) is 4.79 Å². The van der Waals surface area contributed by atoms with E-state index in [-0.39, 0.29) is 12.1 Å². The van der Waals surface area contributed by atoms with E-state index < -0.39 is 6.04 Å². The van der Waals surface area contributed by atoms with Crippen molar-refractivity contribution in [3.05, 3.63) is 0 Å². The van der Waals surface area contributed by atoms with Crippen LogP contribution in [0.3, 0.4) is 0 Å². The summed E-state index contributed by atoms with van der Waals surface area (Å²) >= 11 is 0. The second-order valence-corrected chi connectivity index (χ2v) is 4.62. The van der Waals surface area contributed by atoms with Crippen molar-refractivity contribution in [1.29, 1.82) is 0 Å². The molecule has 0 bridgehead atoms. The molecule has 3 nitrogen and oxygen atoms in total. The van der Waals surface area contributed by atoms with Gasteiger partial charge in [0.25, 0.3) is 0 Å². The third-order valence-corrected chi connectivity index (χ3v) is 2.27. The normalized spacial score (nSPS) is 15.7. The molecule has 0 aromatic rings. The Balaban J connectivity index is 3.95. The second-order valence-electron chi connectivity index (χ2n) is 4.62. The number of rotatable bonds is 5. The Morgan fingerprint density at radius 3 is 2.07 bits per heavy atom. The highest BCUT2D eigenvalue weighted by Crippen LogP contribution is 2.09. The van der Waals surface area contributed by atoms with E-state index in [1.54, 1.807) is 0 Å². The Bertz CT molecular complexity index is 178. The summed E-state index contributed by atoms with van der Waals surface area (Å²) in [5.74, 6) is 0.483. The number of hydrogen-bond acceptors (Lipinski definition) is 3. The average Bonchev–Trinajstić information content (AvgIpc) is 2.02. The summed E-state index contributed by atoms with van der Waals surface area (Å²) in [7, 11) is 0. The van der Waals surface area contributed by atoms with Gasteiger partial charge in [-0.1, -0.05) is 27.7 Å². The van der Waals surface area contributed by atoms with E-state index in [4.69, 9.17) is 10.5 Å². The molecule has 0 saturated heterocycles. The van der Waals surface area contributed by atoms with Crippen LogP contribution in [0.15, 0.2) is 0 Å². The molecule has 0 aliphatic carbocycles. The monoisotopic (exact) mass is 201 g/mol. The maximum absolute atomic E-state index is 11.4. The summed E-state index contributed by atoms with van der Waals surface area (Å²) in [5.41, 5.74) is 5.69. The van der Waals surface area contributed by atoms with Gasteiger partial charge in [0.05, 0.1) is 0 Å². The zero-order chi connectivity index (χ0) is 11.3. The van der Waals surface area contributed by atoms with Crippen LogP contribution in [0, 0.1) is 11.8 Å². The molecule has 0 aliphatic rings. The molecule has 0 saturated carbocycles. The zero-order valence-corrected chi connectivity index (χ0v) is 9.91. The summed E-state index contributed by atoms with van der Waals surface area (Å²) in [6.45, 7) is 10.0. The van der Waals surface area contributed by atoms with Crippen molar-refractivity contribution in [2.45, 2.75) is 53.2 Å². The van der Waals surface area contributed by atoms with E-state index in [0.29, 0.717) is 18.3 Å². The van der Waals surface area contributed by atoms with Crippen LogP contribution in [0.25, 0.3) is 0 Å². The van der Waals surface area contributed by atoms with Crippen LogP contribution in [-0.2, 0) is 9.53 Å². The van der Waals surface area contributed by atoms with E-state index in [9.17, 15) is 4.79 Å². The summed E-state index contributed by atoms with van der Waals surface area (Å²) in [4.78, 5) is 11.4. The van der Waals surface area contributed by atoms with Gasteiger partial charge in [0.15, 0.2) is 0 Å². The van der Waals surface area contributed by atoms with Crippen molar-refractivity contribution >= 4 is 5.97 Å². The van der Waals surface area contributed by atoms with Gasteiger partial charge in [0.2, 0.25) is 0 Å². The number of hydrogen-bond donors (Lipinski definition) is 1. The fourth-order valence-corrected chi connectivity index (χ4v) is 1.01. The van der Waals surface area contributed by atoms with Crippen molar-refractivity contribution in [3.8, 4) is 0 Å². The van der Waals surface area contributed by atoms with Crippen molar-refractivity contribution in [2.75, 3.05) is 0 Å². The number of ether oxygens (including phenoxy) is 1. The molecule has 2 N–H and O–H groups in total. The van der Waals surface area contributed by atoms with Gasteiger partial charge in [0.1, 0.15) is 12.1 Å². The van der Waals surface area contributed by atoms with E-state index in [0.717, 1.165) is 0 Å². The zero-order valence-electron chi connectivity index (χ0n) is 9.91. The Hall–Kier alpha value is -0.570. The first-order chi connectivity index (χ1) is 6.34. The van der Waals surface area contributed by atoms with Gasteiger partial charge in [-0.25, -0.2) is 0 Å². The molecule has 0 aliphatic heterocycles. The first-order valence-electron chi connectivity index (χ1n) is 5.30. The number of esters is 1. The largest absolute Gasteiger partial charge is 0.461 e. The quantitative estimate of drug-likeness (QED) is 0.692. The third-order valence-electron chi connectivity index (χ3n) is 2.27. The summed E-state index contributed by atoms with van der Waals surface area (Å²) in [6.07, 6.45) is 0.629. The molecule has 2 atom stereocenters. The highest BCUT2D eigenvalue weighted by atomic mass is 16.5. The van der Waals surface area contributed by atoms with Gasteiger partial charge in [-0.15, -0.1) is 0 Å². The van der Waals surface area contributed by atoms with Crippen LogP contribution < -0.4 is 5.73 Å². The molecule has 1 unspecified atom stereocenters. The lowest BCUT2D eigenvalue weighted by atomic mass is 10.0. The molecule has 3 heteroatoms. The van der Waals surface area contributed by atoms with Crippen LogP contribution in [0.2, 0.25) is 0 Å². The van der Waals surface area contributed by atoms with Crippen molar-refractivity contribution < 1.29 is 9.53 Å². The fourth-order valence-electron chi connectivity index (χ4n) is 1.01. The van der Waals surface area contributed by atoms with Crippen LogP contribution in [-0.4, -0.2) is 18.1 Å². The van der Waals surface area contributed by atoms with Crippen molar-refractivity contribution in [3.63, 3.8) is 0 Å². The van der Waals surface area contributed by atoms with Crippen molar-refractivity contribution in [1.82, 2.24) is 0 Å². The SMILES string of the molecule is CC(C)C[C@@H](N)C(=O)OC(C)C(C)C. The molecule has 0 radical (unpaired) electrons. The topological polar surface area (TPSA) is 52.3 Å². The predicted molar refractivity (Wildman–Crippen MR) is 57.8 cm³/mol. The summed E-state index contributed by atoms with van der Waals surface area (Å²) < 4.78 is 5.21. The van der Waals surface area contributed by atoms with E-state index in [2.05, 4.69) is 0 Å². The second kappa shape index (κ2) is 6.02.